The number of ether oxygens (including phenoxy) is 2. The van der Waals surface area contributed by atoms with E-state index in [1.54, 1.807) is 31.9 Å². The van der Waals surface area contributed by atoms with Crippen LogP contribution in [0.2, 0.25) is 0 Å². The first-order valence-electron chi connectivity index (χ1n) is 12.1. The van der Waals surface area contributed by atoms with Gasteiger partial charge < -0.3 is 24.7 Å². The van der Waals surface area contributed by atoms with Crippen LogP contribution in [0.25, 0.3) is 11.2 Å². The van der Waals surface area contributed by atoms with Crippen molar-refractivity contribution >= 4 is 46.7 Å². The topological polar surface area (TPSA) is 154 Å². The summed E-state index contributed by atoms with van der Waals surface area (Å²) in [6.07, 6.45) is 6.76. The van der Waals surface area contributed by atoms with Gasteiger partial charge >= 0.3 is 11.9 Å². The summed E-state index contributed by atoms with van der Waals surface area (Å²) < 4.78 is 11.5. The van der Waals surface area contributed by atoms with E-state index in [0.717, 1.165) is 29.1 Å². The molecule has 0 spiro atoms. The van der Waals surface area contributed by atoms with E-state index in [9.17, 15) is 19.2 Å². The van der Waals surface area contributed by atoms with E-state index in [-0.39, 0.29) is 38.1 Å². The molecule has 0 saturated heterocycles. The molecule has 0 aliphatic carbocycles. The number of nitrogens with zero attached hydrogens (tertiary/aromatic N) is 4. The number of fused-ring (bicyclic) bond motifs is 1. The number of imidazole rings is 1. The van der Waals surface area contributed by atoms with Gasteiger partial charge in [0.1, 0.15) is 30.0 Å². The largest absolute Gasteiger partial charge is 0.465 e. The Morgan fingerprint density at radius 2 is 1.47 bits per heavy atom. The van der Waals surface area contributed by atoms with Gasteiger partial charge in [-0.25, -0.2) is 15.0 Å². The second-order valence-corrected chi connectivity index (χ2v) is 8.80. The molecule has 0 radical (unpaired) electrons. The SMILES string of the molecule is CCOC(=O)CNC(=O)CCCCSc1ncnc2ncn(CCCCC(=O)NCC(=O)OCC)c12. The van der Waals surface area contributed by atoms with Crippen LogP contribution < -0.4 is 10.6 Å². The Labute approximate surface area is 214 Å². The molecular weight excluding hydrogens is 488 g/mol. The summed E-state index contributed by atoms with van der Waals surface area (Å²) in [5.74, 6) is -0.484. The molecule has 0 saturated carbocycles. The van der Waals surface area contributed by atoms with Crippen molar-refractivity contribution in [3.8, 4) is 0 Å². The fourth-order valence-electron chi connectivity index (χ4n) is 3.22. The van der Waals surface area contributed by atoms with Crippen molar-refractivity contribution in [2.75, 3.05) is 32.1 Å². The monoisotopic (exact) mass is 522 g/mol. The third-order valence-electron chi connectivity index (χ3n) is 4.94. The van der Waals surface area contributed by atoms with Gasteiger partial charge in [0, 0.05) is 19.4 Å². The predicted octanol–water partition coefficient (Wildman–Crippen LogP) is 1.62. The van der Waals surface area contributed by atoms with E-state index < -0.39 is 11.9 Å². The summed E-state index contributed by atoms with van der Waals surface area (Å²) in [5.41, 5.74) is 1.46. The van der Waals surface area contributed by atoms with E-state index in [1.165, 1.54) is 6.33 Å². The molecule has 0 fully saturated rings. The Hall–Kier alpha value is -3.22. The number of carbonyl (C=O) groups is 4. The van der Waals surface area contributed by atoms with E-state index in [1.807, 2.05) is 4.57 Å². The fraction of sp³-hybridized carbons (Fsp3) is 0.609. The smallest absolute Gasteiger partial charge is 0.325 e. The average Bonchev–Trinajstić information content (AvgIpc) is 3.28. The molecule has 2 heterocycles. The van der Waals surface area contributed by atoms with Crippen molar-refractivity contribution in [2.45, 2.75) is 63.9 Å². The summed E-state index contributed by atoms with van der Waals surface area (Å²) in [5, 5.41) is 5.93. The number of hydrogen-bond acceptors (Lipinski definition) is 10. The van der Waals surface area contributed by atoms with Gasteiger partial charge in [0.15, 0.2) is 5.65 Å². The number of amides is 2. The van der Waals surface area contributed by atoms with Crippen molar-refractivity contribution in [1.29, 1.82) is 0 Å². The highest BCUT2D eigenvalue weighted by Gasteiger charge is 2.12. The minimum absolute atomic E-state index is 0.109. The van der Waals surface area contributed by atoms with Crippen LogP contribution in [-0.2, 0) is 35.2 Å². The zero-order valence-corrected chi connectivity index (χ0v) is 21.6. The summed E-state index contributed by atoms with van der Waals surface area (Å²) in [7, 11) is 0. The van der Waals surface area contributed by atoms with Crippen molar-refractivity contribution in [3.05, 3.63) is 12.7 Å². The van der Waals surface area contributed by atoms with Crippen molar-refractivity contribution < 1.29 is 28.7 Å². The van der Waals surface area contributed by atoms with Crippen LogP contribution in [0, 0.1) is 0 Å². The Balaban J connectivity index is 1.72. The molecule has 2 rings (SSSR count). The van der Waals surface area contributed by atoms with Gasteiger partial charge in [-0.1, -0.05) is 0 Å². The van der Waals surface area contributed by atoms with Crippen LogP contribution >= 0.6 is 11.8 Å². The van der Waals surface area contributed by atoms with Crippen LogP contribution in [0.3, 0.4) is 0 Å². The number of hydrogen-bond donors (Lipinski definition) is 2. The minimum Gasteiger partial charge on any atom is -0.465 e. The van der Waals surface area contributed by atoms with E-state index in [2.05, 4.69) is 25.6 Å². The summed E-state index contributed by atoms with van der Waals surface area (Å²) in [4.78, 5) is 59.3. The Morgan fingerprint density at radius 1 is 0.861 bits per heavy atom. The van der Waals surface area contributed by atoms with Gasteiger partial charge in [0.25, 0.3) is 0 Å². The van der Waals surface area contributed by atoms with Crippen LogP contribution in [0.1, 0.15) is 52.4 Å². The van der Waals surface area contributed by atoms with Gasteiger partial charge in [0.05, 0.1) is 19.5 Å². The molecule has 2 aromatic heterocycles. The highest BCUT2D eigenvalue weighted by atomic mass is 32.2. The molecule has 0 aliphatic heterocycles. The molecule has 0 bridgehead atoms. The van der Waals surface area contributed by atoms with E-state index in [4.69, 9.17) is 9.47 Å². The highest BCUT2D eigenvalue weighted by molar-refractivity contribution is 7.99. The van der Waals surface area contributed by atoms with Crippen molar-refractivity contribution in [2.24, 2.45) is 0 Å². The second kappa shape index (κ2) is 16.5. The molecule has 2 amide bonds. The zero-order valence-electron chi connectivity index (χ0n) is 20.8. The summed E-state index contributed by atoms with van der Waals surface area (Å²) in [6.45, 7) is 4.44. The first-order valence-corrected chi connectivity index (χ1v) is 13.1. The maximum Gasteiger partial charge on any atom is 0.325 e. The first kappa shape index (κ1) is 29.0. The van der Waals surface area contributed by atoms with E-state index in [0.29, 0.717) is 37.9 Å². The number of thioether (sulfide) groups is 1. The predicted molar refractivity (Wildman–Crippen MR) is 133 cm³/mol. The molecule has 2 N–H and O–H groups in total. The molecule has 0 aliphatic rings. The number of unbranched alkanes of at least 4 members (excludes halogenated alkanes) is 2. The molecule has 2 aromatic rings. The number of nitrogens with one attached hydrogen (secondary N) is 2. The number of aromatic nitrogens is 4. The standard InChI is InChI=1S/C23H34N6O6S/c1-3-34-19(32)13-24-17(30)9-5-7-11-29-16-28-22-21(29)23(27-15-26-22)36-12-8-6-10-18(31)25-14-20(33)35-4-2/h15-16H,3-14H2,1-2H3,(H,24,30)(H,25,31). The lowest BCUT2D eigenvalue weighted by molar-refractivity contribution is -0.143. The molecule has 0 atom stereocenters. The lowest BCUT2D eigenvalue weighted by Gasteiger charge is -2.08. The van der Waals surface area contributed by atoms with Crippen LogP contribution in [0.5, 0.6) is 0 Å². The number of esters is 2. The normalized spacial score (nSPS) is 10.7. The first-order chi connectivity index (χ1) is 17.4. The number of carbonyl (C=O) groups excluding carboxylic acids is 4. The minimum atomic E-state index is -0.446. The quantitative estimate of drug-likeness (QED) is 0.135. The van der Waals surface area contributed by atoms with Crippen molar-refractivity contribution in [3.63, 3.8) is 0 Å². The molecular formula is C23H34N6O6S. The lowest BCUT2D eigenvalue weighted by Crippen LogP contribution is -2.30. The van der Waals surface area contributed by atoms with Crippen LogP contribution in [-0.4, -0.2) is 75.3 Å². The molecule has 13 heteroatoms. The highest BCUT2D eigenvalue weighted by Crippen LogP contribution is 2.25. The van der Waals surface area contributed by atoms with Gasteiger partial charge in [-0.15, -0.1) is 11.8 Å². The van der Waals surface area contributed by atoms with Gasteiger partial charge in [-0.05, 0) is 45.3 Å². The van der Waals surface area contributed by atoms with Crippen LogP contribution in [0.15, 0.2) is 17.7 Å². The average molecular weight is 523 g/mol. The lowest BCUT2D eigenvalue weighted by atomic mass is 10.2. The van der Waals surface area contributed by atoms with Crippen LogP contribution in [0.4, 0.5) is 0 Å². The molecule has 0 aromatic carbocycles. The summed E-state index contributed by atoms with van der Waals surface area (Å²) >= 11 is 1.58. The second-order valence-electron chi connectivity index (χ2n) is 7.72. The molecule has 198 valence electrons. The number of rotatable bonds is 17. The Morgan fingerprint density at radius 3 is 2.08 bits per heavy atom. The molecule has 0 unspecified atom stereocenters. The third kappa shape index (κ3) is 10.6. The van der Waals surface area contributed by atoms with Gasteiger partial charge in [-0.3, -0.25) is 19.2 Å². The maximum absolute atomic E-state index is 11.9. The fourth-order valence-corrected chi connectivity index (χ4v) is 4.23. The van der Waals surface area contributed by atoms with Crippen molar-refractivity contribution in [1.82, 2.24) is 30.2 Å². The summed E-state index contributed by atoms with van der Waals surface area (Å²) in [6, 6.07) is 0. The number of aryl methyl sites for hydroxylation is 1. The van der Waals surface area contributed by atoms with Gasteiger partial charge in [0.2, 0.25) is 11.8 Å². The van der Waals surface area contributed by atoms with E-state index >= 15 is 0 Å². The Bertz CT molecular complexity index is 1010. The third-order valence-corrected chi connectivity index (χ3v) is 6.00. The van der Waals surface area contributed by atoms with Gasteiger partial charge in [-0.2, -0.15) is 0 Å². The zero-order chi connectivity index (χ0) is 26.2. The molecule has 12 nitrogen and oxygen atoms in total. The maximum atomic E-state index is 11.9. The molecule has 36 heavy (non-hydrogen) atoms. The Kier molecular flexibility index (Phi) is 13.3.